The van der Waals surface area contributed by atoms with Crippen molar-refractivity contribution in [3.05, 3.63) is 0 Å². The number of piperidine rings is 1. The summed E-state index contributed by atoms with van der Waals surface area (Å²) in [6, 6.07) is 0.435. The molecule has 1 atom stereocenters. The summed E-state index contributed by atoms with van der Waals surface area (Å²) in [6.07, 6.45) is 6.18. The fourth-order valence-corrected chi connectivity index (χ4v) is 2.49. The number of ether oxygens (including phenoxy) is 1. The number of rotatable bonds is 8. The second-order valence-corrected chi connectivity index (χ2v) is 4.99. The normalized spacial score (nSPS) is 20.1. The Morgan fingerprint density at radius 3 is 2.94 bits per heavy atom. The highest BCUT2D eigenvalue weighted by Crippen LogP contribution is 2.20. The van der Waals surface area contributed by atoms with Gasteiger partial charge in [-0.05, 0) is 45.7 Å². The minimum atomic E-state index is 0.270. The summed E-state index contributed by atoms with van der Waals surface area (Å²) in [5.74, 6) is 0.270. The average molecular weight is 256 g/mol. The van der Waals surface area contributed by atoms with Gasteiger partial charge >= 0.3 is 0 Å². The SMILES string of the molecule is CCCOCCC(=O)N1CCCCC1CCNC. The lowest BCUT2D eigenvalue weighted by Crippen LogP contribution is -2.45. The number of amides is 1. The van der Waals surface area contributed by atoms with Crippen molar-refractivity contribution in [2.45, 2.75) is 51.5 Å². The van der Waals surface area contributed by atoms with E-state index in [0.717, 1.165) is 45.4 Å². The molecular weight excluding hydrogens is 228 g/mol. The zero-order valence-corrected chi connectivity index (χ0v) is 11.9. The lowest BCUT2D eigenvalue weighted by molar-refractivity contribution is -0.136. The maximum atomic E-state index is 12.2. The van der Waals surface area contributed by atoms with Crippen LogP contribution in [0.5, 0.6) is 0 Å². The van der Waals surface area contributed by atoms with Gasteiger partial charge < -0.3 is 15.0 Å². The van der Waals surface area contributed by atoms with Crippen molar-refractivity contribution < 1.29 is 9.53 Å². The minimum absolute atomic E-state index is 0.270. The van der Waals surface area contributed by atoms with Crippen LogP contribution in [0.25, 0.3) is 0 Å². The smallest absolute Gasteiger partial charge is 0.225 e. The van der Waals surface area contributed by atoms with Crippen LogP contribution in [-0.2, 0) is 9.53 Å². The van der Waals surface area contributed by atoms with E-state index in [4.69, 9.17) is 4.74 Å². The van der Waals surface area contributed by atoms with Gasteiger partial charge in [0.25, 0.3) is 0 Å². The van der Waals surface area contributed by atoms with E-state index in [9.17, 15) is 4.79 Å². The Labute approximate surface area is 111 Å². The molecule has 0 spiro atoms. The lowest BCUT2D eigenvalue weighted by atomic mass is 9.99. The molecule has 0 aromatic heterocycles. The molecule has 4 nitrogen and oxygen atoms in total. The highest BCUT2D eigenvalue weighted by atomic mass is 16.5. The van der Waals surface area contributed by atoms with Gasteiger partial charge in [-0.1, -0.05) is 6.92 Å². The van der Waals surface area contributed by atoms with Crippen LogP contribution in [-0.4, -0.2) is 50.2 Å². The van der Waals surface area contributed by atoms with E-state index in [1.807, 2.05) is 7.05 Å². The number of hydrogen-bond donors (Lipinski definition) is 1. The fourth-order valence-electron chi connectivity index (χ4n) is 2.49. The van der Waals surface area contributed by atoms with Crippen molar-refractivity contribution in [1.29, 1.82) is 0 Å². The molecular formula is C14H28N2O2. The minimum Gasteiger partial charge on any atom is -0.381 e. The number of nitrogens with zero attached hydrogens (tertiary/aromatic N) is 1. The maximum absolute atomic E-state index is 12.2. The predicted molar refractivity (Wildman–Crippen MR) is 73.6 cm³/mol. The molecule has 1 amide bonds. The highest BCUT2D eigenvalue weighted by molar-refractivity contribution is 5.76. The van der Waals surface area contributed by atoms with Gasteiger partial charge in [0, 0.05) is 19.2 Å². The van der Waals surface area contributed by atoms with Gasteiger partial charge in [-0.3, -0.25) is 4.79 Å². The predicted octanol–water partition coefficient (Wildman–Crippen LogP) is 1.79. The molecule has 1 saturated heterocycles. The number of likely N-dealkylation sites (tertiary alicyclic amines) is 1. The van der Waals surface area contributed by atoms with Crippen molar-refractivity contribution in [3.8, 4) is 0 Å². The largest absolute Gasteiger partial charge is 0.381 e. The molecule has 1 fully saturated rings. The van der Waals surface area contributed by atoms with Crippen LogP contribution in [0, 0.1) is 0 Å². The first-order valence-electron chi connectivity index (χ1n) is 7.31. The Bertz CT molecular complexity index is 234. The van der Waals surface area contributed by atoms with Crippen molar-refractivity contribution in [1.82, 2.24) is 10.2 Å². The van der Waals surface area contributed by atoms with Gasteiger partial charge in [0.05, 0.1) is 13.0 Å². The standard InChI is InChI=1S/C14H28N2O2/c1-3-11-18-12-8-14(17)16-10-5-4-6-13(16)7-9-15-2/h13,15H,3-12H2,1-2H3. The zero-order valence-electron chi connectivity index (χ0n) is 11.9. The first kappa shape index (κ1) is 15.4. The Morgan fingerprint density at radius 2 is 2.22 bits per heavy atom. The third-order valence-electron chi connectivity index (χ3n) is 3.48. The third kappa shape index (κ3) is 5.36. The summed E-state index contributed by atoms with van der Waals surface area (Å²) >= 11 is 0. The molecule has 106 valence electrons. The molecule has 1 aliphatic heterocycles. The van der Waals surface area contributed by atoms with E-state index in [1.54, 1.807) is 0 Å². The second kappa shape index (κ2) is 9.34. The van der Waals surface area contributed by atoms with Crippen molar-refractivity contribution in [3.63, 3.8) is 0 Å². The number of hydrogen-bond acceptors (Lipinski definition) is 3. The highest BCUT2D eigenvalue weighted by Gasteiger charge is 2.25. The third-order valence-corrected chi connectivity index (χ3v) is 3.48. The number of carbonyl (C=O) groups excluding carboxylic acids is 1. The maximum Gasteiger partial charge on any atom is 0.225 e. The fraction of sp³-hybridized carbons (Fsp3) is 0.929. The molecule has 0 bridgehead atoms. The molecule has 4 heteroatoms. The molecule has 0 aromatic rings. The van der Waals surface area contributed by atoms with Gasteiger partial charge in [-0.15, -0.1) is 0 Å². The monoisotopic (exact) mass is 256 g/mol. The summed E-state index contributed by atoms with van der Waals surface area (Å²) in [5, 5.41) is 3.17. The summed E-state index contributed by atoms with van der Waals surface area (Å²) < 4.78 is 5.40. The van der Waals surface area contributed by atoms with Crippen LogP contribution in [0.4, 0.5) is 0 Å². The lowest BCUT2D eigenvalue weighted by Gasteiger charge is -2.36. The van der Waals surface area contributed by atoms with Gasteiger partial charge in [0.15, 0.2) is 0 Å². The van der Waals surface area contributed by atoms with Gasteiger partial charge in [0.1, 0.15) is 0 Å². The van der Waals surface area contributed by atoms with E-state index < -0.39 is 0 Å². The first-order valence-corrected chi connectivity index (χ1v) is 7.31. The summed E-state index contributed by atoms with van der Waals surface area (Å²) in [6.45, 7) is 5.33. The van der Waals surface area contributed by atoms with E-state index in [1.165, 1.54) is 6.42 Å². The van der Waals surface area contributed by atoms with E-state index in [0.29, 0.717) is 19.1 Å². The zero-order chi connectivity index (χ0) is 13.2. The Balaban J connectivity index is 2.32. The molecule has 1 aliphatic rings. The molecule has 0 aromatic carbocycles. The molecule has 1 N–H and O–H groups in total. The second-order valence-electron chi connectivity index (χ2n) is 4.99. The van der Waals surface area contributed by atoms with Crippen molar-refractivity contribution in [2.75, 3.05) is 33.4 Å². The summed E-state index contributed by atoms with van der Waals surface area (Å²) in [4.78, 5) is 14.2. The van der Waals surface area contributed by atoms with E-state index in [2.05, 4.69) is 17.1 Å². The molecule has 0 radical (unpaired) electrons. The van der Waals surface area contributed by atoms with Gasteiger partial charge in [-0.2, -0.15) is 0 Å². The molecule has 1 rings (SSSR count). The quantitative estimate of drug-likeness (QED) is 0.673. The molecule has 0 aliphatic carbocycles. The van der Waals surface area contributed by atoms with Gasteiger partial charge in [0.2, 0.25) is 5.91 Å². The van der Waals surface area contributed by atoms with Gasteiger partial charge in [-0.25, -0.2) is 0 Å². The van der Waals surface area contributed by atoms with Crippen LogP contribution >= 0.6 is 0 Å². The van der Waals surface area contributed by atoms with Crippen LogP contribution in [0.15, 0.2) is 0 Å². The summed E-state index contributed by atoms with van der Waals surface area (Å²) in [5.41, 5.74) is 0. The summed E-state index contributed by atoms with van der Waals surface area (Å²) in [7, 11) is 1.97. The van der Waals surface area contributed by atoms with Crippen molar-refractivity contribution >= 4 is 5.91 Å². The molecule has 1 unspecified atom stereocenters. The van der Waals surface area contributed by atoms with E-state index in [-0.39, 0.29) is 5.91 Å². The average Bonchev–Trinajstić information content (AvgIpc) is 2.41. The van der Waals surface area contributed by atoms with Crippen LogP contribution in [0.2, 0.25) is 0 Å². The Morgan fingerprint density at radius 1 is 1.39 bits per heavy atom. The molecule has 1 heterocycles. The first-order chi connectivity index (χ1) is 8.79. The molecule has 0 saturated carbocycles. The topological polar surface area (TPSA) is 41.6 Å². The number of carbonyl (C=O) groups is 1. The van der Waals surface area contributed by atoms with E-state index >= 15 is 0 Å². The van der Waals surface area contributed by atoms with Crippen LogP contribution < -0.4 is 5.32 Å². The van der Waals surface area contributed by atoms with Crippen LogP contribution in [0.3, 0.4) is 0 Å². The molecule has 18 heavy (non-hydrogen) atoms. The van der Waals surface area contributed by atoms with Crippen LogP contribution in [0.1, 0.15) is 45.4 Å². The Kier molecular flexibility index (Phi) is 8.01. The number of nitrogens with one attached hydrogen (secondary N) is 1. The van der Waals surface area contributed by atoms with Crippen molar-refractivity contribution in [2.24, 2.45) is 0 Å². The Hall–Kier alpha value is -0.610.